The number of aliphatic hydroxyl groups excluding tert-OH is 1. The Morgan fingerprint density at radius 2 is 2.00 bits per heavy atom. The maximum Gasteiger partial charge on any atom is 0.185 e. The zero-order chi connectivity index (χ0) is 27.5. The number of allylic oxidation sites excluding steroid dienone is 3. The summed E-state index contributed by atoms with van der Waals surface area (Å²) in [6.07, 6.45) is 6.99. The Labute approximate surface area is 240 Å². The van der Waals surface area contributed by atoms with E-state index < -0.39 is 10.3 Å². The van der Waals surface area contributed by atoms with E-state index in [9.17, 15) is 9.90 Å². The van der Waals surface area contributed by atoms with Gasteiger partial charge in [-0.15, -0.1) is 22.9 Å². The van der Waals surface area contributed by atoms with Gasteiger partial charge in [0.25, 0.3) is 0 Å². The highest BCUT2D eigenvalue weighted by atomic mass is 35.5. The van der Waals surface area contributed by atoms with Crippen molar-refractivity contribution in [3.63, 3.8) is 0 Å². The lowest BCUT2D eigenvalue weighted by atomic mass is 9.81. The van der Waals surface area contributed by atoms with Gasteiger partial charge in [0.1, 0.15) is 18.7 Å². The number of nitrogens with zero attached hydrogens (tertiary/aromatic N) is 3. The predicted molar refractivity (Wildman–Crippen MR) is 156 cm³/mol. The average molecular weight is 572 g/mol. The SMILES string of the molecule is Cc1cc(CN2CCOCC2)ccc1COC1=CCC(C)(Cl)C=C1c1csc(N2CCC(C=O)(CO)CC2)n1. The third kappa shape index (κ3) is 6.74. The fraction of sp³-hybridized carbons (Fsp3) is 0.533. The number of halogens is 1. The molecule has 3 heterocycles. The van der Waals surface area contributed by atoms with Crippen LogP contribution >= 0.6 is 22.9 Å². The monoisotopic (exact) mass is 571 g/mol. The van der Waals surface area contributed by atoms with Crippen molar-refractivity contribution in [2.75, 3.05) is 50.9 Å². The van der Waals surface area contributed by atoms with Crippen molar-refractivity contribution in [2.45, 2.75) is 51.1 Å². The van der Waals surface area contributed by atoms with Gasteiger partial charge in [0.05, 0.1) is 35.8 Å². The molecule has 1 atom stereocenters. The number of anilines is 1. The molecule has 0 radical (unpaired) electrons. The number of aryl methyl sites for hydroxylation is 1. The molecule has 1 unspecified atom stereocenters. The second-order valence-corrected chi connectivity index (χ2v) is 12.9. The first kappa shape index (κ1) is 28.3. The molecule has 1 aromatic heterocycles. The Bertz CT molecular complexity index is 1230. The summed E-state index contributed by atoms with van der Waals surface area (Å²) >= 11 is 8.35. The molecule has 210 valence electrons. The molecule has 0 amide bonds. The number of hydrogen-bond acceptors (Lipinski definition) is 8. The molecule has 7 nitrogen and oxygen atoms in total. The molecule has 2 aromatic rings. The summed E-state index contributed by atoms with van der Waals surface area (Å²) in [7, 11) is 0. The summed E-state index contributed by atoms with van der Waals surface area (Å²) in [6, 6.07) is 6.63. The van der Waals surface area contributed by atoms with Crippen molar-refractivity contribution in [3.8, 4) is 0 Å². The van der Waals surface area contributed by atoms with Crippen LogP contribution < -0.4 is 4.90 Å². The van der Waals surface area contributed by atoms with Crippen molar-refractivity contribution < 1.29 is 19.4 Å². The lowest BCUT2D eigenvalue weighted by molar-refractivity contribution is -0.119. The van der Waals surface area contributed by atoms with E-state index in [2.05, 4.69) is 52.5 Å². The maximum absolute atomic E-state index is 11.5. The largest absolute Gasteiger partial charge is 0.489 e. The van der Waals surface area contributed by atoms with Crippen LogP contribution in [0.25, 0.3) is 5.57 Å². The third-order valence-corrected chi connectivity index (χ3v) is 9.22. The van der Waals surface area contributed by atoms with Crippen LogP contribution in [0.2, 0.25) is 0 Å². The van der Waals surface area contributed by atoms with E-state index in [1.807, 2.05) is 6.92 Å². The number of alkyl halides is 1. The van der Waals surface area contributed by atoms with Crippen LogP contribution in [0.4, 0.5) is 5.13 Å². The molecule has 1 aromatic carbocycles. The number of thiazole rings is 1. The van der Waals surface area contributed by atoms with Gasteiger partial charge in [-0.3, -0.25) is 4.90 Å². The molecule has 0 spiro atoms. The van der Waals surface area contributed by atoms with Crippen LogP contribution in [-0.2, 0) is 27.4 Å². The van der Waals surface area contributed by atoms with Gasteiger partial charge in [0, 0.05) is 43.7 Å². The van der Waals surface area contributed by atoms with E-state index in [-0.39, 0.29) is 6.61 Å². The van der Waals surface area contributed by atoms with Crippen molar-refractivity contribution in [1.82, 2.24) is 9.88 Å². The second-order valence-electron chi connectivity index (χ2n) is 11.2. The molecule has 2 fully saturated rings. The van der Waals surface area contributed by atoms with Crippen LogP contribution in [-0.4, -0.2) is 72.2 Å². The van der Waals surface area contributed by atoms with Crippen LogP contribution in [0.3, 0.4) is 0 Å². The Kier molecular flexibility index (Phi) is 8.79. The first-order valence-corrected chi connectivity index (χ1v) is 15.0. The topological polar surface area (TPSA) is 75.1 Å². The number of aliphatic hydroxyl groups is 1. The molecule has 2 saturated heterocycles. The molecule has 5 rings (SSSR count). The van der Waals surface area contributed by atoms with Crippen molar-refractivity contribution in [2.24, 2.45) is 5.41 Å². The van der Waals surface area contributed by atoms with Gasteiger partial charge >= 0.3 is 0 Å². The fourth-order valence-electron chi connectivity index (χ4n) is 5.35. The van der Waals surface area contributed by atoms with Crippen LogP contribution in [0.15, 0.2) is 41.5 Å². The van der Waals surface area contributed by atoms with Crippen LogP contribution in [0, 0.1) is 12.3 Å². The normalized spacial score (nSPS) is 23.7. The molecule has 39 heavy (non-hydrogen) atoms. The van der Waals surface area contributed by atoms with Crippen LogP contribution in [0.5, 0.6) is 0 Å². The minimum Gasteiger partial charge on any atom is -0.489 e. The molecular formula is C30H38ClN3O4S. The van der Waals surface area contributed by atoms with Gasteiger partial charge in [-0.1, -0.05) is 24.3 Å². The lowest BCUT2D eigenvalue weighted by Crippen LogP contribution is -2.43. The van der Waals surface area contributed by atoms with Gasteiger partial charge in [-0.2, -0.15) is 0 Å². The minimum absolute atomic E-state index is 0.101. The number of aromatic nitrogens is 1. The fourth-order valence-corrected chi connectivity index (χ4v) is 6.42. The number of rotatable bonds is 9. The highest BCUT2D eigenvalue weighted by molar-refractivity contribution is 7.13. The lowest BCUT2D eigenvalue weighted by Gasteiger charge is -2.36. The number of hydrogen-bond donors (Lipinski definition) is 1. The number of ether oxygens (including phenoxy) is 2. The van der Waals surface area contributed by atoms with E-state index in [4.69, 9.17) is 26.1 Å². The molecule has 9 heteroatoms. The first-order valence-electron chi connectivity index (χ1n) is 13.7. The number of carbonyl (C=O) groups excluding carboxylic acids is 1. The highest BCUT2D eigenvalue weighted by Gasteiger charge is 2.35. The smallest absolute Gasteiger partial charge is 0.185 e. The maximum atomic E-state index is 11.5. The molecule has 0 bridgehead atoms. The molecular weight excluding hydrogens is 534 g/mol. The summed E-state index contributed by atoms with van der Waals surface area (Å²) in [5.74, 6) is 0.806. The van der Waals surface area contributed by atoms with E-state index in [1.54, 1.807) is 11.3 Å². The Hall–Kier alpha value is -2.23. The minimum atomic E-state index is -0.620. The summed E-state index contributed by atoms with van der Waals surface area (Å²) in [5.41, 5.74) is 4.84. The van der Waals surface area contributed by atoms with Crippen molar-refractivity contribution >= 4 is 39.9 Å². The predicted octanol–water partition coefficient (Wildman–Crippen LogP) is 4.95. The summed E-state index contributed by atoms with van der Waals surface area (Å²) < 4.78 is 11.9. The summed E-state index contributed by atoms with van der Waals surface area (Å²) in [5, 5.41) is 12.6. The Balaban J connectivity index is 1.25. The van der Waals surface area contributed by atoms with Crippen molar-refractivity contribution in [1.29, 1.82) is 0 Å². The molecule has 3 aliphatic rings. The standard InChI is InChI=1S/C30H38ClN3O4S/c1-22-15-23(17-33-11-13-37-14-12-33)3-4-24(22)18-38-27-5-6-29(2,31)16-25(27)26-19-39-28(32-26)34-9-7-30(20-35,21-36)8-10-34/h3-5,15-16,19-20,36H,6-14,17-18,21H2,1-2H3. The van der Waals surface area contributed by atoms with E-state index in [0.717, 1.165) is 66.9 Å². The van der Waals surface area contributed by atoms with Gasteiger partial charge in [-0.05, 0) is 55.9 Å². The van der Waals surface area contributed by atoms with Gasteiger partial charge in [0.2, 0.25) is 0 Å². The number of aldehydes is 1. The zero-order valence-corrected chi connectivity index (χ0v) is 24.4. The number of carbonyl (C=O) groups is 1. The van der Waals surface area contributed by atoms with E-state index in [1.165, 1.54) is 11.1 Å². The highest BCUT2D eigenvalue weighted by Crippen LogP contribution is 2.39. The molecule has 1 aliphatic carbocycles. The summed E-state index contributed by atoms with van der Waals surface area (Å²) in [6.45, 7) is 10.4. The Morgan fingerprint density at radius 3 is 2.69 bits per heavy atom. The van der Waals surface area contributed by atoms with E-state index >= 15 is 0 Å². The number of benzene rings is 1. The molecule has 0 saturated carbocycles. The first-order chi connectivity index (χ1) is 18.8. The van der Waals surface area contributed by atoms with Crippen LogP contribution in [0.1, 0.15) is 48.6 Å². The van der Waals surface area contributed by atoms with Crippen molar-refractivity contribution in [3.05, 3.63) is 63.9 Å². The van der Waals surface area contributed by atoms with Gasteiger partial charge in [0.15, 0.2) is 5.13 Å². The quantitative estimate of drug-likeness (QED) is 0.337. The number of morpholine rings is 1. The zero-order valence-electron chi connectivity index (χ0n) is 22.8. The summed E-state index contributed by atoms with van der Waals surface area (Å²) in [4.78, 5) is 20.6. The molecule has 2 aliphatic heterocycles. The van der Waals surface area contributed by atoms with Gasteiger partial charge < -0.3 is 24.3 Å². The second kappa shape index (κ2) is 12.1. The van der Waals surface area contributed by atoms with Gasteiger partial charge in [-0.25, -0.2) is 4.98 Å². The Morgan fingerprint density at radius 1 is 1.23 bits per heavy atom. The van der Waals surface area contributed by atoms with E-state index in [0.29, 0.717) is 39.0 Å². The average Bonchev–Trinajstić information content (AvgIpc) is 3.44. The third-order valence-electron chi connectivity index (χ3n) is 8.06. The molecule has 1 N–H and O–H groups in total. The number of piperidine rings is 1.